The quantitative estimate of drug-likeness (QED) is 0.525. The van der Waals surface area contributed by atoms with Crippen LogP contribution in [0.3, 0.4) is 0 Å². The zero-order chi connectivity index (χ0) is 10.4. The van der Waals surface area contributed by atoms with Gasteiger partial charge in [-0.15, -0.1) is 5.92 Å². The molecule has 0 atom stereocenters. The molecule has 0 radical (unpaired) electrons. The second kappa shape index (κ2) is 5.08. The van der Waals surface area contributed by atoms with Crippen LogP contribution in [0.5, 0.6) is 0 Å². The van der Waals surface area contributed by atoms with Crippen molar-refractivity contribution in [3.05, 3.63) is 35.4 Å². The van der Waals surface area contributed by atoms with Gasteiger partial charge in [0.05, 0.1) is 5.56 Å². The highest BCUT2D eigenvalue weighted by molar-refractivity contribution is 5.89. The number of benzene rings is 1. The number of carbonyl (C=O) groups excluding carboxylic acids is 1. The first-order valence-electron chi connectivity index (χ1n) is 4.37. The number of aryl methyl sites for hydroxylation is 1. The summed E-state index contributed by atoms with van der Waals surface area (Å²) in [5.41, 5.74) is 1.68. The SMILES string of the molecule is CC#CCOC(=O)c1ccc(C)cc1. The van der Waals surface area contributed by atoms with Crippen molar-refractivity contribution in [3.63, 3.8) is 0 Å². The Morgan fingerprint density at radius 1 is 1.36 bits per heavy atom. The zero-order valence-corrected chi connectivity index (χ0v) is 8.33. The third kappa shape index (κ3) is 2.95. The van der Waals surface area contributed by atoms with Crippen LogP contribution in [0.15, 0.2) is 24.3 Å². The van der Waals surface area contributed by atoms with E-state index >= 15 is 0 Å². The molecule has 0 unspecified atom stereocenters. The van der Waals surface area contributed by atoms with Crippen molar-refractivity contribution < 1.29 is 9.53 Å². The molecule has 0 aliphatic rings. The van der Waals surface area contributed by atoms with E-state index in [4.69, 9.17) is 4.74 Å². The number of hydrogen-bond donors (Lipinski definition) is 0. The van der Waals surface area contributed by atoms with Gasteiger partial charge in [-0.2, -0.15) is 0 Å². The standard InChI is InChI=1S/C12H12O2/c1-3-4-9-14-12(13)11-7-5-10(2)6-8-11/h5-8H,9H2,1-2H3. The Kier molecular flexibility index (Phi) is 3.75. The molecule has 1 aromatic rings. The number of esters is 1. The lowest BCUT2D eigenvalue weighted by atomic mass is 10.1. The van der Waals surface area contributed by atoms with Gasteiger partial charge in [0.15, 0.2) is 6.61 Å². The molecule has 0 aliphatic heterocycles. The fourth-order valence-corrected chi connectivity index (χ4v) is 0.947. The van der Waals surface area contributed by atoms with Crippen molar-refractivity contribution in [2.75, 3.05) is 6.61 Å². The van der Waals surface area contributed by atoms with Crippen LogP contribution < -0.4 is 0 Å². The van der Waals surface area contributed by atoms with E-state index in [9.17, 15) is 4.79 Å². The Morgan fingerprint density at radius 2 is 2.00 bits per heavy atom. The third-order valence-corrected chi connectivity index (χ3v) is 1.74. The fourth-order valence-electron chi connectivity index (χ4n) is 0.947. The van der Waals surface area contributed by atoms with Gasteiger partial charge in [-0.1, -0.05) is 23.6 Å². The van der Waals surface area contributed by atoms with Crippen LogP contribution in [0.2, 0.25) is 0 Å². The predicted molar refractivity (Wildman–Crippen MR) is 54.9 cm³/mol. The number of carbonyl (C=O) groups is 1. The first-order chi connectivity index (χ1) is 6.74. The average Bonchev–Trinajstić information content (AvgIpc) is 2.19. The third-order valence-electron chi connectivity index (χ3n) is 1.74. The van der Waals surface area contributed by atoms with E-state index in [-0.39, 0.29) is 12.6 Å². The maximum Gasteiger partial charge on any atom is 0.339 e. The molecule has 0 aromatic heterocycles. The summed E-state index contributed by atoms with van der Waals surface area (Å²) in [6.07, 6.45) is 0. The molecule has 2 nitrogen and oxygen atoms in total. The number of rotatable bonds is 2. The second-order valence-electron chi connectivity index (χ2n) is 2.87. The summed E-state index contributed by atoms with van der Waals surface area (Å²) in [5.74, 6) is 5.00. The van der Waals surface area contributed by atoms with E-state index in [2.05, 4.69) is 11.8 Å². The molecule has 2 heteroatoms. The molecule has 0 aliphatic carbocycles. The predicted octanol–water partition coefficient (Wildman–Crippen LogP) is 2.18. The van der Waals surface area contributed by atoms with Gasteiger partial charge in [0.25, 0.3) is 0 Å². The Balaban J connectivity index is 2.59. The van der Waals surface area contributed by atoms with Crippen LogP contribution in [0, 0.1) is 18.8 Å². The molecule has 0 amide bonds. The second-order valence-corrected chi connectivity index (χ2v) is 2.87. The molecule has 1 aromatic carbocycles. The van der Waals surface area contributed by atoms with Gasteiger partial charge in [0.1, 0.15) is 0 Å². The smallest absolute Gasteiger partial charge is 0.339 e. The fraction of sp³-hybridized carbons (Fsp3) is 0.250. The normalized spacial score (nSPS) is 8.71. The minimum atomic E-state index is -0.326. The summed E-state index contributed by atoms with van der Waals surface area (Å²) in [6, 6.07) is 7.25. The Hall–Kier alpha value is -1.75. The molecular formula is C12H12O2. The number of ether oxygens (including phenoxy) is 1. The maximum absolute atomic E-state index is 11.3. The van der Waals surface area contributed by atoms with Gasteiger partial charge in [-0.05, 0) is 26.0 Å². The molecule has 0 heterocycles. The van der Waals surface area contributed by atoms with Crippen molar-refractivity contribution in [1.82, 2.24) is 0 Å². The van der Waals surface area contributed by atoms with Crippen LogP contribution in [0.4, 0.5) is 0 Å². The highest BCUT2D eigenvalue weighted by Gasteiger charge is 2.04. The van der Waals surface area contributed by atoms with Crippen molar-refractivity contribution in [3.8, 4) is 11.8 Å². The van der Waals surface area contributed by atoms with Gasteiger partial charge in [0, 0.05) is 0 Å². The number of hydrogen-bond acceptors (Lipinski definition) is 2. The van der Waals surface area contributed by atoms with Crippen molar-refractivity contribution in [2.24, 2.45) is 0 Å². The maximum atomic E-state index is 11.3. The summed E-state index contributed by atoms with van der Waals surface area (Å²) < 4.78 is 4.90. The minimum Gasteiger partial charge on any atom is -0.449 e. The molecule has 0 saturated carbocycles. The van der Waals surface area contributed by atoms with Gasteiger partial charge in [-0.3, -0.25) is 0 Å². The summed E-state index contributed by atoms with van der Waals surface area (Å²) in [5, 5.41) is 0. The molecule has 72 valence electrons. The van der Waals surface area contributed by atoms with Crippen LogP contribution >= 0.6 is 0 Å². The zero-order valence-electron chi connectivity index (χ0n) is 8.33. The van der Waals surface area contributed by atoms with E-state index in [0.717, 1.165) is 5.56 Å². The van der Waals surface area contributed by atoms with E-state index < -0.39 is 0 Å². The molecule has 0 spiro atoms. The Morgan fingerprint density at radius 3 is 2.57 bits per heavy atom. The summed E-state index contributed by atoms with van der Waals surface area (Å²) in [4.78, 5) is 11.3. The summed E-state index contributed by atoms with van der Waals surface area (Å²) >= 11 is 0. The Labute approximate surface area is 83.9 Å². The van der Waals surface area contributed by atoms with Crippen LogP contribution in [0.25, 0.3) is 0 Å². The lowest BCUT2D eigenvalue weighted by Gasteiger charge is -2.00. The lowest BCUT2D eigenvalue weighted by molar-refractivity contribution is 0.0556. The van der Waals surface area contributed by atoms with E-state index in [1.54, 1.807) is 19.1 Å². The van der Waals surface area contributed by atoms with Gasteiger partial charge >= 0.3 is 5.97 Å². The van der Waals surface area contributed by atoms with Crippen molar-refractivity contribution >= 4 is 5.97 Å². The first-order valence-corrected chi connectivity index (χ1v) is 4.37. The molecule has 1 rings (SSSR count). The van der Waals surface area contributed by atoms with Crippen molar-refractivity contribution in [2.45, 2.75) is 13.8 Å². The largest absolute Gasteiger partial charge is 0.449 e. The molecule has 0 saturated heterocycles. The van der Waals surface area contributed by atoms with E-state index in [0.29, 0.717) is 5.56 Å². The van der Waals surface area contributed by atoms with Gasteiger partial charge in [-0.25, -0.2) is 4.79 Å². The summed E-state index contributed by atoms with van der Waals surface area (Å²) in [7, 11) is 0. The average molecular weight is 188 g/mol. The van der Waals surface area contributed by atoms with E-state index in [1.807, 2.05) is 19.1 Å². The lowest BCUT2D eigenvalue weighted by Crippen LogP contribution is -2.04. The highest BCUT2D eigenvalue weighted by atomic mass is 16.5. The van der Waals surface area contributed by atoms with Crippen LogP contribution in [-0.4, -0.2) is 12.6 Å². The summed E-state index contributed by atoms with van der Waals surface area (Å²) in [6.45, 7) is 3.83. The Bertz CT molecular complexity index is 366. The molecular weight excluding hydrogens is 176 g/mol. The van der Waals surface area contributed by atoms with E-state index in [1.165, 1.54) is 0 Å². The molecule has 0 fully saturated rings. The van der Waals surface area contributed by atoms with Crippen molar-refractivity contribution in [1.29, 1.82) is 0 Å². The highest BCUT2D eigenvalue weighted by Crippen LogP contribution is 2.04. The van der Waals surface area contributed by atoms with Crippen LogP contribution in [-0.2, 0) is 4.74 Å². The van der Waals surface area contributed by atoms with Gasteiger partial charge in [0.2, 0.25) is 0 Å². The van der Waals surface area contributed by atoms with Crippen LogP contribution in [0.1, 0.15) is 22.8 Å². The monoisotopic (exact) mass is 188 g/mol. The molecule has 14 heavy (non-hydrogen) atoms. The molecule has 0 bridgehead atoms. The topological polar surface area (TPSA) is 26.3 Å². The molecule has 0 N–H and O–H groups in total. The first kappa shape index (κ1) is 10.3. The van der Waals surface area contributed by atoms with Gasteiger partial charge < -0.3 is 4.74 Å². The minimum absolute atomic E-state index is 0.156.